The van der Waals surface area contributed by atoms with Gasteiger partial charge in [-0.3, -0.25) is 0 Å². The van der Waals surface area contributed by atoms with Gasteiger partial charge in [-0.2, -0.15) is 5.26 Å². The number of hydrogen-bond donors (Lipinski definition) is 1. The van der Waals surface area contributed by atoms with Crippen LogP contribution in [-0.2, 0) is 4.74 Å². The third-order valence-electron chi connectivity index (χ3n) is 2.03. The SMILES string of the molecule is COCC(C)(C)Nc1ccccc1C#N. The van der Waals surface area contributed by atoms with Crippen molar-refractivity contribution in [2.45, 2.75) is 19.4 Å². The molecule has 0 amide bonds. The van der Waals surface area contributed by atoms with Crippen LogP contribution in [0.5, 0.6) is 0 Å². The molecule has 3 nitrogen and oxygen atoms in total. The smallest absolute Gasteiger partial charge is 0.101 e. The van der Waals surface area contributed by atoms with Crippen molar-refractivity contribution in [3.05, 3.63) is 29.8 Å². The fourth-order valence-corrected chi connectivity index (χ4v) is 1.45. The number of para-hydroxylation sites is 1. The highest BCUT2D eigenvalue weighted by atomic mass is 16.5. The van der Waals surface area contributed by atoms with Gasteiger partial charge in [-0.1, -0.05) is 12.1 Å². The van der Waals surface area contributed by atoms with Gasteiger partial charge < -0.3 is 10.1 Å². The summed E-state index contributed by atoms with van der Waals surface area (Å²) in [5.74, 6) is 0. The van der Waals surface area contributed by atoms with Gasteiger partial charge in [0.05, 0.1) is 23.4 Å². The second-order valence-corrected chi connectivity index (χ2v) is 4.10. The fraction of sp³-hybridized carbons (Fsp3) is 0.417. The molecule has 0 aliphatic rings. The highest BCUT2D eigenvalue weighted by Gasteiger charge is 2.18. The zero-order valence-corrected chi connectivity index (χ0v) is 9.37. The third kappa shape index (κ3) is 3.26. The molecule has 1 rings (SSSR count). The van der Waals surface area contributed by atoms with Crippen molar-refractivity contribution in [3.63, 3.8) is 0 Å². The monoisotopic (exact) mass is 204 g/mol. The molecule has 1 N–H and O–H groups in total. The first-order valence-electron chi connectivity index (χ1n) is 4.85. The normalized spacial score (nSPS) is 10.8. The highest BCUT2D eigenvalue weighted by molar-refractivity contribution is 5.58. The molecule has 0 saturated carbocycles. The predicted molar refractivity (Wildman–Crippen MR) is 60.7 cm³/mol. The third-order valence-corrected chi connectivity index (χ3v) is 2.03. The van der Waals surface area contributed by atoms with Crippen molar-refractivity contribution in [3.8, 4) is 6.07 Å². The fourth-order valence-electron chi connectivity index (χ4n) is 1.45. The summed E-state index contributed by atoms with van der Waals surface area (Å²) in [6.07, 6.45) is 0. The van der Waals surface area contributed by atoms with E-state index in [4.69, 9.17) is 10.00 Å². The molecule has 3 heteroatoms. The number of benzene rings is 1. The van der Waals surface area contributed by atoms with E-state index < -0.39 is 0 Å². The summed E-state index contributed by atoms with van der Waals surface area (Å²) in [5, 5.41) is 12.2. The summed E-state index contributed by atoms with van der Waals surface area (Å²) < 4.78 is 5.11. The van der Waals surface area contributed by atoms with Gasteiger partial charge in [0.2, 0.25) is 0 Å². The lowest BCUT2D eigenvalue weighted by Gasteiger charge is -2.27. The lowest BCUT2D eigenvalue weighted by atomic mass is 10.1. The molecule has 0 fully saturated rings. The largest absolute Gasteiger partial charge is 0.382 e. The molecule has 0 radical (unpaired) electrons. The maximum atomic E-state index is 8.92. The molecule has 0 spiro atoms. The van der Waals surface area contributed by atoms with Gasteiger partial charge in [0.15, 0.2) is 0 Å². The molecule has 0 heterocycles. The van der Waals surface area contributed by atoms with Gasteiger partial charge in [0.25, 0.3) is 0 Å². The highest BCUT2D eigenvalue weighted by Crippen LogP contribution is 2.19. The van der Waals surface area contributed by atoms with Gasteiger partial charge in [0, 0.05) is 7.11 Å². The Hall–Kier alpha value is -1.53. The van der Waals surface area contributed by atoms with Crippen molar-refractivity contribution in [1.82, 2.24) is 0 Å². The molecular formula is C12H16N2O. The maximum Gasteiger partial charge on any atom is 0.101 e. The molecule has 0 aliphatic heterocycles. The zero-order chi connectivity index (χ0) is 11.3. The number of nitrogens with zero attached hydrogens (tertiary/aromatic N) is 1. The van der Waals surface area contributed by atoms with Crippen molar-refractivity contribution < 1.29 is 4.74 Å². The summed E-state index contributed by atoms with van der Waals surface area (Å²) in [6.45, 7) is 4.65. The van der Waals surface area contributed by atoms with E-state index in [2.05, 4.69) is 11.4 Å². The van der Waals surface area contributed by atoms with Crippen LogP contribution in [0.25, 0.3) is 0 Å². The number of hydrogen-bond acceptors (Lipinski definition) is 3. The topological polar surface area (TPSA) is 45.0 Å². The Morgan fingerprint density at radius 2 is 2.07 bits per heavy atom. The van der Waals surface area contributed by atoms with Crippen LogP contribution in [0, 0.1) is 11.3 Å². The van der Waals surface area contributed by atoms with Crippen LogP contribution in [0.2, 0.25) is 0 Å². The molecular weight excluding hydrogens is 188 g/mol. The van der Waals surface area contributed by atoms with E-state index in [-0.39, 0.29) is 5.54 Å². The zero-order valence-electron chi connectivity index (χ0n) is 9.37. The average molecular weight is 204 g/mol. The molecule has 15 heavy (non-hydrogen) atoms. The summed E-state index contributed by atoms with van der Waals surface area (Å²) in [4.78, 5) is 0. The van der Waals surface area contributed by atoms with Crippen LogP contribution in [-0.4, -0.2) is 19.3 Å². The molecule has 80 valence electrons. The van der Waals surface area contributed by atoms with Crippen molar-refractivity contribution >= 4 is 5.69 Å². The molecule has 0 bridgehead atoms. The first-order chi connectivity index (χ1) is 7.09. The number of rotatable bonds is 4. The number of nitrogens with one attached hydrogen (secondary N) is 1. The van der Waals surface area contributed by atoms with Crippen LogP contribution in [0.15, 0.2) is 24.3 Å². The summed E-state index contributed by atoms with van der Waals surface area (Å²) >= 11 is 0. The molecule has 1 aromatic rings. The Morgan fingerprint density at radius 1 is 1.40 bits per heavy atom. The van der Waals surface area contributed by atoms with Crippen molar-refractivity contribution in [2.24, 2.45) is 0 Å². The van der Waals surface area contributed by atoms with Crippen LogP contribution in [0.3, 0.4) is 0 Å². The number of methoxy groups -OCH3 is 1. The molecule has 0 unspecified atom stereocenters. The second kappa shape index (κ2) is 4.81. The van der Waals surface area contributed by atoms with Crippen LogP contribution in [0.4, 0.5) is 5.69 Å². The van der Waals surface area contributed by atoms with E-state index in [1.165, 1.54) is 0 Å². The average Bonchev–Trinajstić information content (AvgIpc) is 2.17. The molecule has 0 atom stereocenters. The Balaban J connectivity index is 2.85. The van der Waals surface area contributed by atoms with Crippen LogP contribution >= 0.6 is 0 Å². The Morgan fingerprint density at radius 3 is 2.67 bits per heavy atom. The number of anilines is 1. The maximum absolute atomic E-state index is 8.92. The lowest BCUT2D eigenvalue weighted by Crippen LogP contribution is -2.36. The van der Waals surface area contributed by atoms with E-state index in [9.17, 15) is 0 Å². The minimum Gasteiger partial charge on any atom is -0.382 e. The summed E-state index contributed by atoms with van der Waals surface area (Å²) in [5.41, 5.74) is 1.32. The van der Waals surface area contributed by atoms with Gasteiger partial charge in [0.1, 0.15) is 6.07 Å². The van der Waals surface area contributed by atoms with Gasteiger partial charge in [-0.25, -0.2) is 0 Å². The minimum atomic E-state index is -0.179. The molecule has 0 aliphatic carbocycles. The van der Waals surface area contributed by atoms with E-state index in [1.807, 2.05) is 32.0 Å². The standard InChI is InChI=1S/C12H16N2O/c1-12(2,9-15-3)14-11-7-5-4-6-10(11)8-13/h4-7,14H,9H2,1-3H3. The van der Waals surface area contributed by atoms with Crippen LogP contribution in [0.1, 0.15) is 19.4 Å². The van der Waals surface area contributed by atoms with E-state index in [1.54, 1.807) is 13.2 Å². The first kappa shape index (κ1) is 11.5. The van der Waals surface area contributed by atoms with E-state index >= 15 is 0 Å². The van der Waals surface area contributed by atoms with E-state index in [0.717, 1.165) is 5.69 Å². The second-order valence-electron chi connectivity index (χ2n) is 4.10. The van der Waals surface area contributed by atoms with Crippen LogP contribution < -0.4 is 5.32 Å². The summed E-state index contributed by atoms with van der Waals surface area (Å²) in [7, 11) is 1.67. The predicted octanol–water partition coefficient (Wildman–Crippen LogP) is 2.40. The first-order valence-corrected chi connectivity index (χ1v) is 4.85. The summed E-state index contributed by atoms with van der Waals surface area (Å²) in [6, 6.07) is 9.62. The number of ether oxygens (including phenoxy) is 1. The molecule has 1 aromatic carbocycles. The van der Waals surface area contributed by atoms with Crippen molar-refractivity contribution in [2.75, 3.05) is 19.0 Å². The van der Waals surface area contributed by atoms with Crippen molar-refractivity contribution in [1.29, 1.82) is 5.26 Å². The number of nitriles is 1. The Labute approximate surface area is 90.7 Å². The van der Waals surface area contributed by atoms with Gasteiger partial charge >= 0.3 is 0 Å². The Bertz CT molecular complexity index is 366. The van der Waals surface area contributed by atoms with Gasteiger partial charge in [-0.15, -0.1) is 0 Å². The van der Waals surface area contributed by atoms with E-state index in [0.29, 0.717) is 12.2 Å². The lowest BCUT2D eigenvalue weighted by molar-refractivity contribution is 0.158. The molecule has 0 aromatic heterocycles. The quantitative estimate of drug-likeness (QED) is 0.819. The Kier molecular flexibility index (Phi) is 3.70. The molecule has 0 saturated heterocycles. The minimum absolute atomic E-state index is 0.179. The van der Waals surface area contributed by atoms with Gasteiger partial charge in [-0.05, 0) is 26.0 Å².